The van der Waals surface area contributed by atoms with Crippen LogP contribution in [-0.2, 0) is 14.3 Å². The summed E-state index contributed by atoms with van der Waals surface area (Å²) in [5.41, 5.74) is 0. The Bertz CT molecular complexity index is 385. The summed E-state index contributed by atoms with van der Waals surface area (Å²) in [5.74, 6) is 0.0959. The van der Waals surface area contributed by atoms with Gasteiger partial charge >= 0.3 is 6.03 Å². The Morgan fingerprint density at radius 3 is 2.64 bits per heavy atom. The predicted octanol–water partition coefficient (Wildman–Crippen LogP) is 0.444. The molecule has 126 valence electrons. The number of hydrogen-bond acceptors (Lipinski definition) is 4. The Morgan fingerprint density at radius 1 is 1.27 bits per heavy atom. The van der Waals surface area contributed by atoms with Gasteiger partial charge in [0.05, 0.1) is 12.6 Å². The second-order valence-corrected chi connectivity index (χ2v) is 5.88. The Labute approximate surface area is 131 Å². The van der Waals surface area contributed by atoms with Crippen molar-refractivity contribution in [3.05, 3.63) is 0 Å². The van der Waals surface area contributed by atoms with Gasteiger partial charge in [-0.15, -0.1) is 0 Å². The molecular weight excluding hydrogens is 286 g/mol. The van der Waals surface area contributed by atoms with Gasteiger partial charge < -0.3 is 24.6 Å². The Morgan fingerprint density at radius 2 is 2.00 bits per heavy atom. The predicted molar refractivity (Wildman–Crippen MR) is 81.6 cm³/mol. The van der Waals surface area contributed by atoms with Crippen LogP contribution in [0.15, 0.2) is 0 Å². The zero-order valence-corrected chi connectivity index (χ0v) is 13.5. The number of ether oxygens (including phenoxy) is 2. The molecule has 0 spiro atoms. The third kappa shape index (κ3) is 4.33. The zero-order chi connectivity index (χ0) is 15.9. The number of likely N-dealkylation sites (tertiary alicyclic amines) is 1. The largest absolute Gasteiger partial charge is 0.383 e. The van der Waals surface area contributed by atoms with E-state index in [1.807, 2.05) is 4.90 Å². The molecule has 0 bridgehead atoms. The molecule has 2 aliphatic heterocycles. The van der Waals surface area contributed by atoms with Crippen molar-refractivity contribution in [2.75, 3.05) is 46.6 Å². The van der Waals surface area contributed by atoms with Gasteiger partial charge in [0.1, 0.15) is 0 Å². The van der Waals surface area contributed by atoms with Crippen molar-refractivity contribution in [1.29, 1.82) is 0 Å². The summed E-state index contributed by atoms with van der Waals surface area (Å²) >= 11 is 0. The maximum Gasteiger partial charge on any atom is 0.317 e. The van der Waals surface area contributed by atoms with Crippen molar-refractivity contribution in [2.45, 2.75) is 38.3 Å². The van der Waals surface area contributed by atoms with Crippen molar-refractivity contribution in [1.82, 2.24) is 15.1 Å². The highest BCUT2D eigenvalue weighted by molar-refractivity contribution is 5.76. The van der Waals surface area contributed by atoms with E-state index in [9.17, 15) is 9.59 Å². The number of amides is 3. The molecule has 0 aromatic heterocycles. The summed E-state index contributed by atoms with van der Waals surface area (Å²) in [6.45, 7) is 5.35. The molecule has 1 atom stereocenters. The molecule has 1 N–H and O–H groups in total. The number of nitrogens with zero attached hydrogens (tertiary/aromatic N) is 2. The minimum Gasteiger partial charge on any atom is -0.383 e. The number of carbonyl (C=O) groups is 2. The first-order chi connectivity index (χ1) is 10.6. The van der Waals surface area contributed by atoms with Crippen molar-refractivity contribution in [2.24, 2.45) is 0 Å². The first-order valence-electron chi connectivity index (χ1n) is 8.02. The molecule has 7 heteroatoms. The molecule has 0 aromatic carbocycles. The molecule has 0 saturated carbocycles. The molecule has 0 radical (unpaired) electrons. The van der Waals surface area contributed by atoms with Crippen LogP contribution in [0.3, 0.4) is 0 Å². The van der Waals surface area contributed by atoms with Crippen LogP contribution in [-0.4, -0.2) is 80.4 Å². The van der Waals surface area contributed by atoms with Crippen LogP contribution in [0.5, 0.6) is 0 Å². The van der Waals surface area contributed by atoms with E-state index < -0.39 is 0 Å². The van der Waals surface area contributed by atoms with Gasteiger partial charge in [-0.25, -0.2) is 4.79 Å². The van der Waals surface area contributed by atoms with Crippen LogP contribution in [0.4, 0.5) is 4.79 Å². The zero-order valence-electron chi connectivity index (χ0n) is 13.5. The molecule has 2 aliphatic rings. The van der Waals surface area contributed by atoms with Crippen LogP contribution in [0.1, 0.15) is 26.2 Å². The average Bonchev–Trinajstić information content (AvgIpc) is 2.98. The lowest BCUT2D eigenvalue weighted by atomic mass is 10.0. The van der Waals surface area contributed by atoms with Gasteiger partial charge in [0.15, 0.2) is 0 Å². The summed E-state index contributed by atoms with van der Waals surface area (Å²) in [5, 5.41) is 2.83. The SMILES string of the molecule is COCCNC(=O)N1CCC(N(C(C)=O)C2CCOCC2)C1. The molecule has 2 saturated heterocycles. The first kappa shape index (κ1) is 17.0. The number of nitrogens with one attached hydrogen (secondary N) is 1. The van der Waals surface area contributed by atoms with Gasteiger partial charge in [0.2, 0.25) is 5.91 Å². The number of carbonyl (C=O) groups excluding carboxylic acids is 2. The monoisotopic (exact) mass is 313 g/mol. The summed E-state index contributed by atoms with van der Waals surface area (Å²) in [4.78, 5) is 27.9. The molecule has 0 aromatic rings. The lowest BCUT2D eigenvalue weighted by Crippen LogP contribution is -2.50. The third-order valence-electron chi connectivity index (χ3n) is 4.37. The molecule has 0 aliphatic carbocycles. The fraction of sp³-hybridized carbons (Fsp3) is 0.867. The highest BCUT2D eigenvalue weighted by atomic mass is 16.5. The maximum atomic E-state index is 12.1. The highest BCUT2D eigenvalue weighted by Gasteiger charge is 2.35. The summed E-state index contributed by atoms with van der Waals surface area (Å²) in [6.07, 6.45) is 2.61. The van der Waals surface area contributed by atoms with E-state index in [4.69, 9.17) is 9.47 Å². The van der Waals surface area contributed by atoms with Crippen LogP contribution >= 0.6 is 0 Å². The fourth-order valence-electron chi connectivity index (χ4n) is 3.30. The second kappa shape index (κ2) is 8.33. The Balaban J connectivity index is 1.88. The molecule has 3 amide bonds. The minimum atomic E-state index is -0.0740. The standard InChI is InChI=1S/C15H27N3O4/c1-12(19)18(13-4-8-22-9-5-13)14-3-7-17(11-14)15(20)16-6-10-21-2/h13-14H,3-11H2,1-2H3,(H,16,20). The van der Waals surface area contributed by atoms with Crippen LogP contribution in [0, 0.1) is 0 Å². The van der Waals surface area contributed by atoms with E-state index in [0.717, 1.165) is 19.3 Å². The van der Waals surface area contributed by atoms with E-state index in [1.54, 1.807) is 18.9 Å². The third-order valence-corrected chi connectivity index (χ3v) is 4.37. The number of rotatable bonds is 5. The minimum absolute atomic E-state index is 0.0740. The van der Waals surface area contributed by atoms with E-state index in [2.05, 4.69) is 5.32 Å². The molecule has 2 rings (SSSR count). The molecule has 22 heavy (non-hydrogen) atoms. The van der Waals surface area contributed by atoms with Gasteiger partial charge in [0.25, 0.3) is 0 Å². The van der Waals surface area contributed by atoms with E-state index in [-0.39, 0.29) is 24.0 Å². The van der Waals surface area contributed by atoms with Gasteiger partial charge in [-0.3, -0.25) is 4.79 Å². The van der Waals surface area contributed by atoms with Crippen molar-refractivity contribution in [3.63, 3.8) is 0 Å². The van der Waals surface area contributed by atoms with E-state index >= 15 is 0 Å². The molecule has 2 heterocycles. The molecule has 2 fully saturated rings. The summed E-state index contributed by atoms with van der Waals surface area (Å²) < 4.78 is 10.3. The number of hydrogen-bond donors (Lipinski definition) is 1. The first-order valence-corrected chi connectivity index (χ1v) is 8.02. The van der Waals surface area contributed by atoms with Crippen LogP contribution < -0.4 is 5.32 Å². The molecule has 1 unspecified atom stereocenters. The summed E-state index contributed by atoms with van der Waals surface area (Å²) in [6, 6.07) is 0.288. The fourth-order valence-corrected chi connectivity index (χ4v) is 3.30. The summed E-state index contributed by atoms with van der Waals surface area (Å²) in [7, 11) is 1.61. The van der Waals surface area contributed by atoms with E-state index in [1.165, 1.54) is 0 Å². The van der Waals surface area contributed by atoms with Crippen LogP contribution in [0.2, 0.25) is 0 Å². The van der Waals surface area contributed by atoms with Gasteiger partial charge in [-0.2, -0.15) is 0 Å². The topological polar surface area (TPSA) is 71.1 Å². The normalized spacial score (nSPS) is 22.6. The average molecular weight is 313 g/mol. The van der Waals surface area contributed by atoms with Gasteiger partial charge in [0, 0.05) is 52.9 Å². The Hall–Kier alpha value is -1.34. The van der Waals surface area contributed by atoms with Crippen molar-refractivity contribution in [3.8, 4) is 0 Å². The Kier molecular flexibility index (Phi) is 6.45. The van der Waals surface area contributed by atoms with Gasteiger partial charge in [-0.1, -0.05) is 0 Å². The lowest BCUT2D eigenvalue weighted by molar-refractivity contribution is -0.135. The lowest BCUT2D eigenvalue weighted by Gasteiger charge is -2.37. The van der Waals surface area contributed by atoms with Crippen LogP contribution in [0.25, 0.3) is 0 Å². The maximum absolute atomic E-state index is 12.1. The number of methoxy groups -OCH3 is 1. The molecular formula is C15H27N3O4. The quantitative estimate of drug-likeness (QED) is 0.748. The molecule has 7 nitrogen and oxygen atoms in total. The smallest absolute Gasteiger partial charge is 0.317 e. The number of urea groups is 1. The van der Waals surface area contributed by atoms with Gasteiger partial charge in [-0.05, 0) is 19.3 Å². The van der Waals surface area contributed by atoms with Crippen molar-refractivity contribution >= 4 is 11.9 Å². The highest BCUT2D eigenvalue weighted by Crippen LogP contribution is 2.23. The second-order valence-electron chi connectivity index (χ2n) is 5.88. The van der Waals surface area contributed by atoms with E-state index in [0.29, 0.717) is 39.5 Å². The van der Waals surface area contributed by atoms with Crippen molar-refractivity contribution < 1.29 is 19.1 Å².